The van der Waals surface area contributed by atoms with Crippen molar-refractivity contribution in [3.8, 4) is 0 Å². The van der Waals surface area contributed by atoms with Gasteiger partial charge in [-0.3, -0.25) is 4.68 Å². The van der Waals surface area contributed by atoms with Crippen molar-refractivity contribution in [1.29, 1.82) is 0 Å². The lowest BCUT2D eigenvalue weighted by Crippen LogP contribution is -2.47. The fourth-order valence-electron chi connectivity index (χ4n) is 9.88. The van der Waals surface area contributed by atoms with Crippen LogP contribution in [-0.2, 0) is 24.6 Å². The zero-order valence-corrected chi connectivity index (χ0v) is 21.2. The first-order chi connectivity index (χ1) is 15.8. The molecule has 4 aliphatic carbocycles. The molecule has 9 unspecified atom stereocenters. The number of nitrogens with one attached hydrogen (secondary N) is 1. The monoisotopic (exact) mass is 449 g/mol. The molecule has 4 fully saturated rings. The molecule has 9 atom stereocenters. The van der Waals surface area contributed by atoms with Gasteiger partial charge in [0.25, 0.3) is 0 Å². The van der Waals surface area contributed by atoms with Crippen molar-refractivity contribution in [2.75, 3.05) is 6.54 Å². The van der Waals surface area contributed by atoms with Crippen LogP contribution in [0.3, 0.4) is 0 Å². The largest absolute Gasteiger partial charge is 0.370 e. The molecule has 1 aromatic rings. The minimum absolute atomic E-state index is 0.111. The molecular weight excluding hydrogens is 406 g/mol. The van der Waals surface area contributed by atoms with Gasteiger partial charge in [0.1, 0.15) is 0 Å². The van der Waals surface area contributed by atoms with Crippen LogP contribution in [0.1, 0.15) is 83.4 Å². The van der Waals surface area contributed by atoms with E-state index in [9.17, 15) is 0 Å². The first-order valence-corrected chi connectivity index (χ1v) is 13.9. The SMILES string of the molecule is CC1=C2CC3C(CCC4Cc5nn(C)cc5CC43C)C2CCC2(C1)CC1NCC(C)CC1O2. The zero-order valence-electron chi connectivity index (χ0n) is 21.2. The second kappa shape index (κ2) is 7.20. The number of allylic oxidation sites excluding steroid dienone is 1. The maximum atomic E-state index is 6.96. The quantitative estimate of drug-likeness (QED) is 0.553. The number of ether oxygens (including phenoxy) is 1. The van der Waals surface area contributed by atoms with E-state index in [1.165, 1.54) is 82.0 Å². The van der Waals surface area contributed by atoms with Crippen molar-refractivity contribution in [2.24, 2.45) is 42.1 Å². The maximum absolute atomic E-state index is 6.96. The number of hydrogen-bond donors (Lipinski definition) is 1. The molecule has 6 aliphatic rings. The molecule has 0 bridgehead atoms. The lowest BCUT2D eigenvalue weighted by atomic mass is 9.52. The summed E-state index contributed by atoms with van der Waals surface area (Å²) in [5.74, 6) is 4.15. The van der Waals surface area contributed by atoms with Crippen molar-refractivity contribution in [2.45, 2.75) is 103 Å². The average molecular weight is 450 g/mol. The Morgan fingerprint density at radius 2 is 2.06 bits per heavy atom. The highest BCUT2D eigenvalue weighted by Crippen LogP contribution is 2.64. The standard InChI is InChI=1S/C29H43N3O/c1-17-9-27-26(30-15-17)14-29(33-27)8-7-21-22-6-5-20-10-25-19(16-32(4)31-25)13-28(20,3)24(22)11-23(21)18(2)12-29/h16-17,20-22,24,26-27,30H,5-15H2,1-4H3. The minimum Gasteiger partial charge on any atom is -0.370 e. The Labute approximate surface area is 199 Å². The molecule has 2 saturated heterocycles. The van der Waals surface area contributed by atoms with E-state index in [0.29, 0.717) is 17.6 Å². The average Bonchev–Trinajstić information content (AvgIpc) is 3.39. The molecule has 0 amide bonds. The van der Waals surface area contributed by atoms with Gasteiger partial charge in [-0.05, 0) is 118 Å². The summed E-state index contributed by atoms with van der Waals surface area (Å²) < 4.78 is 9.01. The summed E-state index contributed by atoms with van der Waals surface area (Å²) in [7, 11) is 2.10. The number of aromatic nitrogens is 2. The first-order valence-electron chi connectivity index (χ1n) is 13.9. The van der Waals surface area contributed by atoms with E-state index in [-0.39, 0.29) is 5.60 Å². The number of piperidine rings is 1. The minimum atomic E-state index is 0.111. The first kappa shape index (κ1) is 21.2. The summed E-state index contributed by atoms with van der Waals surface area (Å²) in [5.41, 5.74) is 7.06. The topological polar surface area (TPSA) is 39.1 Å². The third-order valence-corrected chi connectivity index (χ3v) is 11.4. The summed E-state index contributed by atoms with van der Waals surface area (Å²) >= 11 is 0. The summed E-state index contributed by atoms with van der Waals surface area (Å²) in [6, 6.07) is 0.593. The van der Waals surface area contributed by atoms with Crippen LogP contribution in [0.4, 0.5) is 0 Å². The smallest absolute Gasteiger partial charge is 0.0740 e. The number of aryl methyl sites for hydroxylation is 1. The van der Waals surface area contributed by atoms with Crippen molar-refractivity contribution in [3.05, 3.63) is 28.6 Å². The van der Waals surface area contributed by atoms with Crippen LogP contribution in [0.2, 0.25) is 0 Å². The van der Waals surface area contributed by atoms with E-state index < -0.39 is 0 Å². The van der Waals surface area contributed by atoms with Crippen molar-refractivity contribution in [3.63, 3.8) is 0 Å². The summed E-state index contributed by atoms with van der Waals surface area (Å²) in [6.45, 7) is 8.68. The molecule has 1 spiro atoms. The fourth-order valence-corrected chi connectivity index (χ4v) is 9.88. The third-order valence-electron chi connectivity index (χ3n) is 11.4. The van der Waals surface area contributed by atoms with Gasteiger partial charge in [-0.1, -0.05) is 25.0 Å². The zero-order chi connectivity index (χ0) is 22.5. The van der Waals surface area contributed by atoms with Crippen molar-refractivity contribution >= 4 is 0 Å². The summed E-state index contributed by atoms with van der Waals surface area (Å²) in [4.78, 5) is 0. The van der Waals surface area contributed by atoms with Gasteiger partial charge in [0.15, 0.2) is 0 Å². The van der Waals surface area contributed by atoms with E-state index in [0.717, 1.165) is 29.6 Å². The molecule has 2 saturated carbocycles. The number of rotatable bonds is 0. The van der Waals surface area contributed by atoms with Gasteiger partial charge in [-0.25, -0.2) is 0 Å². The summed E-state index contributed by atoms with van der Waals surface area (Å²) in [6.07, 6.45) is 15.7. The Kier molecular flexibility index (Phi) is 4.62. The van der Waals surface area contributed by atoms with Gasteiger partial charge in [-0.15, -0.1) is 0 Å². The molecule has 0 aromatic carbocycles. The molecule has 2 aliphatic heterocycles. The highest BCUT2D eigenvalue weighted by Gasteiger charge is 2.58. The molecule has 4 heteroatoms. The van der Waals surface area contributed by atoms with Crippen LogP contribution in [0.15, 0.2) is 17.3 Å². The second-order valence-corrected chi connectivity index (χ2v) is 13.4. The Balaban J connectivity index is 1.17. The highest BCUT2D eigenvalue weighted by molar-refractivity contribution is 5.32. The molecule has 0 radical (unpaired) electrons. The van der Waals surface area contributed by atoms with Crippen LogP contribution in [0.5, 0.6) is 0 Å². The van der Waals surface area contributed by atoms with E-state index in [1.54, 1.807) is 5.57 Å². The predicted molar refractivity (Wildman–Crippen MR) is 131 cm³/mol. The van der Waals surface area contributed by atoms with Gasteiger partial charge in [-0.2, -0.15) is 5.10 Å². The van der Waals surface area contributed by atoms with E-state index in [4.69, 9.17) is 9.84 Å². The summed E-state index contributed by atoms with van der Waals surface area (Å²) in [5, 5.41) is 8.65. The molecule has 4 nitrogen and oxygen atoms in total. The second-order valence-electron chi connectivity index (χ2n) is 13.4. The molecular formula is C29H43N3O. The van der Waals surface area contributed by atoms with Gasteiger partial charge >= 0.3 is 0 Å². The van der Waals surface area contributed by atoms with Crippen molar-refractivity contribution < 1.29 is 4.74 Å². The Bertz CT molecular complexity index is 995. The van der Waals surface area contributed by atoms with Gasteiger partial charge in [0, 0.05) is 19.3 Å². The van der Waals surface area contributed by atoms with Gasteiger partial charge < -0.3 is 10.1 Å². The molecule has 1 N–H and O–H groups in total. The molecule has 1 aromatic heterocycles. The van der Waals surface area contributed by atoms with Crippen LogP contribution in [0, 0.1) is 35.0 Å². The normalized spacial score (nSPS) is 48.7. The maximum Gasteiger partial charge on any atom is 0.0740 e. The van der Waals surface area contributed by atoms with Crippen LogP contribution < -0.4 is 5.32 Å². The Hall–Kier alpha value is -1.13. The number of hydrogen-bond acceptors (Lipinski definition) is 3. The van der Waals surface area contributed by atoms with Gasteiger partial charge in [0.05, 0.1) is 17.4 Å². The molecule has 33 heavy (non-hydrogen) atoms. The lowest BCUT2D eigenvalue weighted by Gasteiger charge is -2.52. The van der Waals surface area contributed by atoms with E-state index in [2.05, 4.69) is 44.0 Å². The lowest BCUT2D eigenvalue weighted by molar-refractivity contribution is -0.0627. The molecule has 3 heterocycles. The number of fused-ring (bicyclic) bond motifs is 7. The fraction of sp³-hybridized carbons (Fsp3) is 0.828. The van der Waals surface area contributed by atoms with Crippen LogP contribution in [-0.4, -0.2) is 34.1 Å². The van der Waals surface area contributed by atoms with Crippen LogP contribution >= 0.6 is 0 Å². The Morgan fingerprint density at radius 3 is 2.94 bits per heavy atom. The Morgan fingerprint density at radius 1 is 1.18 bits per heavy atom. The molecule has 180 valence electrons. The van der Waals surface area contributed by atoms with E-state index in [1.807, 2.05) is 5.57 Å². The van der Waals surface area contributed by atoms with Gasteiger partial charge in [0.2, 0.25) is 0 Å². The highest BCUT2D eigenvalue weighted by atomic mass is 16.5. The van der Waals surface area contributed by atoms with Crippen molar-refractivity contribution in [1.82, 2.24) is 15.1 Å². The third kappa shape index (κ3) is 3.12. The van der Waals surface area contributed by atoms with E-state index >= 15 is 0 Å². The molecule has 7 rings (SSSR count). The van der Waals surface area contributed by atoms with Crippen LogP contribution in [0.25, 0.3) is 0 Å². The number of nitrogens with zero attached hydrogens (tertiary/aromatic N) is 2. The predicted octanol–water partition coefficient (Wildman–Crippen LogP) is 5.21.